The molecule has 1 heterocycles. The Labute approximate surface area is 114 Å². The maximum absolute atomic E-state index is 6.31. The van der Waals surface area contributed by atoms with Crippen molar-refractivity contribution < 1.29 is 4.74 Å². The van der Waals surface area contributed by atoms with Crippen molar-refractivity contribution in [3.8, 4) is 0 Å². The van der Waals surface area contributed by atoms with Crippen molar-refractivity contribution in [2.75, 3.05) is 12.4 Å². The van der Waals surface area contributed by atoms with Crippen LogP contribution < -0.4 is 5.73 Å². The molecular formula is C15H23NOS. The van der Waals surface area contributed by atoms with Crippen LogP contribution in [-0.2, 0) is 4.74 Å². The molecule has 1 aromatic rings. The molecule has 1 aromatic carbocycles. The zero-order valence-electron chi connectivity index (χ0n) is 11.5. The molecule has 2 nitrogen and oxygen atoms in total. The van der Waals surface area contributed by atoms with E-state index in [1.54, 1.807) is 0 Å². The van der Waals surface area contributed by atoms with E-state index in [0.717, 1.165) is 18.8 Å². The van der Waals surface area contributed by atoms with E-state index in [1.807, 2.05) is 11.8 Å². The summed E-state index contributed by atoms with van der Waals surface area (Å²) in [6.45, 7) is 7.33. The molecular weight excluding hydrogens is 242 g/mol. The summed E-state index contributed by atoms with van der Waals surface area (Å²) in [6, 6.07) is 6.66. The summed E-state index contributed by atoms with van der Waals surface area (Å²) in [5.74, 6) is 0.974. The van der Waals surface area contributed by atoms with Crippen molar-refractivity contribution >= 4 is 11.8 Å². The average Bonchev–Trinajstić information content (AvgIpc) is 2.72. The second-order valence-corrected chi connectivity index (χ2v) is 6.48. The van der Waals surface area contributed by atoms with Crippen molar-refractivity contribution in [1.29, 1.82) is 0 Å². The van der Waals surface area contributed by atoms with Crippen LogP contribution in [0.4, 0.5) is 0 Å². The van der Waals surface area contributed by atoms with Crippen LogP contribution in [0.25, 0.3) is 0 Å². The Bertz CT molecular complexity index is 407. The first-order valence-corrected chi connectivity index (χ1v) is 7.68. The Morgan fingerprint density at radius 3 is 2.83 bits per heavy atom. The van der Waals surface area contributed by atoms with Gasteiger partial charge in [0.25, 0.3) is 0 Å². The molecule has 0 amide bonds. The molecule has 3 atom stereocenters. The summed E-state index contributed by atoms with van der Waals surface area (Å²) in [7, 11) is 0. The van der Waals surface area contributed by atoms with Gasteiger partial charge in [-0.25, -0.2) is 0 Å². The SMILES string of the molecule is Cc1ccc(C(N)CSC2CCOC2C)c(C)c1. The van der Waals surface area contributed by atoms with Crippen LogP contribution in [-0.4, -0.2) is 23.7 Å². The van der Waals surface area contributed by atoms with Crippen LogP contribution in [0.3, 0.4) is 0 Å². The van der Waals surface area contributed by atoms with Crippen LogP contribution in [0.5, 0.6) is 0 Å². The van der Waals surface area contributed by atoms with E-state index in [4.69, 9.17) is 10.5 Å². The number of ether oxygens (including phenoxy) is 1. The van der Waals surface area contributed by atoms with E-state index in [-0.39, 0.29) is 6.04 Å². The van der Waals surface area contributed by atoms with Crippen LogP contribution in [0.15, 0.2) is 18.2 Å². The fraction of sp³-hybridized carbons (Fsp3) is 0.600. The Morgan fingerprint density at radius 1 is 1.44 bits per heavy atom. The average molecular weight is 265 g/mol. The van der Waals surface area contributed by atoms with Gasteiger partial charge in [0.1, 0.15) is 0 Å². The maximum atomic E-state index is 6.31. The second-order valence-electron chi connectivity index (χ2n) is 5.20. The number of aryl methyl sites for hydroxylation is 2. The lowest BCUT2D eigenvalue weighted by Gasteiger charge is -2.19. The highest BCUT2D eigenvalue weighted by Crippen LogP contribution is 2.29. The molecule has 100 valence electrons. The van der Waals surface area contributed by atoms with Gasteiger partial charge in [0.2, 0.25) is 0 Å². The monoisotopic (exact) mass is 265 g/mol. The van der Waals surface area contributed by atoms with Gasteiger partial charge in [-0.05, 0) is 38.3 Å². The molecule has 1 fully saturated rings. The lowest BCUT2D eigenvalue weighted by Crippen LogP contribution is -2.19. The molecule has 0 radical (unpaired) electrons. The van der Waals surface area contributed by atoms with Gasteiger partial charge >= 0.3 is 0 Å². The van der Waals surface area contributed by atoms with Crippen LogP contribution in [0.2, 0.25) is 0 Å². The molecule has 2 N–H and O–H groups in total. The highest BCUT2D eigenvalue weighted by Gasteiger charge is 2.25. The molecule has 2 rings (SSSR count). The summed E-state index contributed by atoms with van der Waals surface area (Å²) in [5.41, 5.74) is 10.2. The van der Waals surface area contributed by atoms with Gasteiger partial charge in [-0.15, -0.1) is 0 Å². The van der Waals surface area contributed by atoms with Gasteiger partial charge in [0.05, 0.1) is 6.10 Å². The molecule has 0 spiro atoms. The molecule has 1 saturated heterocycles. The number of hydrogen-bond acceptors (Lipinski definition) is 3. The van der Waals surface area contributed by atoms with Crippen molar-refractivity contribution in [3.63, 3.8) is 0 Å². The number of thioether (sulfide) groups is 1. The van der Waals surface area contributed by atoms with Crippen LogP contribution >= 0.6 is 11.8 Å². The third kappa shape index (κ3) is 3.28. The van der Waals surface area contributed by atoms with Gasteiger partial charge < -0.3 is 10.5 Å². The molecule has 1 aliphatic rings. The lowest BCUT2D eigenvalue weighted by molar-refractivity contribution is 0.127. The summed E-state index contributed by atoms with van der Waals surface area (Å²) in [4.78, 5) is 0. The first-order valence-electron chi connectivity index (χ1n) is 6.64. The third-order valence-corrected chi connectivity index (χ3v) is 5.22. The molecule has 0 bridgehead atoms. The minimum atomic E-state index is 0.128. The van der Waals surface area contributed by atoms with Gasteiger partial charge in [-0.2, -0.15) is 11.8 Å². The molecule has 0 aromatic heterocycles. The Morgan fingerprint density at radius 2 is 2.22 bits per heavy atom. The van der Waals surface area contributed by atoms with Crippen molar-refractivity contribution in [1.82, 2.24) is 0 Å². The van der Waals surface area contributed by atoms with E-state index in [0.29, 0.717) is 11.4 Å². The highest BCUT2D eigenvalue weighted by molar-refractivity contribution is 8.00. The molecule has 1 aliphatic heterocycles. The normalized spacial score (nSPS) is 25.3. The first kappa shape index (κ1) is 13.9. The Balaban J connectivity index is 1.93. The van der Waals surface area contributed by atoms with Crippen molar-refractivity contribution in [2.45, 2.75) is 44.6 Å². The molecule has 0 aliphatic carbocycles. The minimum Gasteiger partial charge on any atom is -0.377 e. The predicted octanol–water partition coefficient (Wildman–Crippen LogP) is 3.21. The smallest absolute Gasteiger partial charge is 0.0666 e. The Hall–Kier alpha value is -0.510. The standard InChI is InChI=1S/C15H23NOS/c1-10-4-5-13(11(2)8-10)14(16)9-18-15-6-7-17-12(15)3/h4-5,8,12,14-15H,6-7,9,16H2,1-3H3. The summed E-state index contributed by atoms with van der Waals surface area (Å²) in [5, 5.41) is 0.613. The molecule has 0 saturated carbocycles. The zero-order chi connectivity index (χ0) is 13.1. The van der Waals surface area contributed by atoms with Gasteiger partial charge in [-0.1, -0.05) is 23.8 Å². The fourth-order valence-corrected chi connectivity index (χ4v) is 3.74. The summed E-state index contributed by atoms with van der Waals surface area (Å²) >= 11 is 1.96. The summed E-state index contributed by atoms with van der Waals surface area (Å²) in [6.07, 6.45) is 1.53. The van der Waals surface area contributed by atoms with Crippen LogP contribution in [0, 0.1) is 13.8 Å². The first-order chi connectivity index (χ1) is 8.58. The number of rotatable bonds is 4. The maximum Gasteiger partial charge on any atom is 0.0666 e. The van der Waals surface area contributed by atoms with Crippen LogP contribution in [0.1, 0.15) is 36.1 Å². The largest absolute Gasteiger partial charge is 0.377 e. The summed E-state index contributed by atoms with van der Waals surface area (Å²) < 4.78 is 5.58. The van der Waals surface area contributed by atoms with Crippen molar-refractivity contribution in [2.24, 2.45) is 5.73 Å². The van der Waals surface area contributed by atoms with Gasteiger partial charge in [0.15, 0.2) is 0 Å². The minimum absolute atomic E-state index is 0.128. The van der Waals surface area contributed by atoms with E-state index in [9.17, 15) is 0 Å². The van der Waals surface area contributed by atoms with Gasteiger partial charge in [0, 0.05) is 23.7 Å². The third-order valence-electron chi connectivity index (χ3n) is 3.62. The Kier molecular flexibility index (Phi) is 4.71. The van der Waals surface area contributed by atoms with Gasteiger partial charge in [-0.3, -0.25) is 0 Å². The van der Waals surface area contributed by atoms with E-state index < -0.39 is 0 Å². The van der Waals surface area contributed by atoms with E-state index in [1.165, 1.54) is 16.7 Å². The molecule has 18 heavy (non-hydrogen) atoms. The second kappa shape index (κ2) is 6.09. The fourth-order valence-electron chi connectivity index (χ4n) is 2.49. The number of benzene rings is 1. The quantitative estimate of drug-likeness (QED) is 0.908. The zero-order valence-corrected chi connectivity index (χ0v) is 12.3. The topological polar surface area (TPSA) is 35.2 Å². The van der Waals surface area contributed by atoms with E-state index >= 15 is 0 Å². The highest BCUT2D eigenvalue weighted by atomic mass is 32.2. The van der Waals surface area contributed by atoms with E-state index in [2.05, 4.69) is 39.0 Å². The molecule has 3 heteroatoms. The molecule has 3 unspecified atom stereocenters. The lowest BCUT2D eigenvalue weighted by atomic mass is 10.0. The predicted molar refractivity (Wildman–Crippen MR) is 79.1 cm³/mol. The van der Waals surface area contributed by atoms with Crippen molar-refractivity contribution in [3.05, 3.63) is 34.9 Å². The number of nitrogens with two attached hydrogens (primary N) is 1. The number of hydrogen-bond donors (Lipinski definition) is 1.